The number of carbonyl (C=O) groups is 1. The van der Waals surface area contributed by atoms with Crippen molar-refractivity contribution in [3.8, 4) is 0 Å². The quantitative estimate of drug-likeness (QED) is 0.632. The van der Waals surface area contributed by atoms with E-state index in [0.29, 0.717) is 6.42 Å². The zero-order chi connectivity index (χ0) is 8.97. The number of rotatable bonds is 3. The summed E-state index contributed by atoms with van der Waals surface area (Å²) in [5, 5.41) is 8.52. The van der Waals surface area contributed by atoms with Gasteiger partial charge in [0.25, 0.3) is 0 Å². The van der Waals surface area contributed by atoms with E-state index in [2.05, 4.69) is 0 Å². The maximum atomic E-state index is 10.4. The molecule has 0 aliphatic carbocycles. The topological polar surface area (TPSA) is 63.3 Å². The van der Waals surface area contributed by atoms with Gasteiger partial charge >= 0.3 is 24.8 Å². The molecule has 0 spiro atoms. The van der Waals surface area contributed by atoms with Crippen molar-refractivity contribution in [3.63, 3.8) is 0 Å². The van der Waals surface area contributed by atoms with Crippen LogP contribution in [0.3, 0.4) is 0 Å². The van der Waals surface area contributed by atoms with Gasteiger partial charge in [-0.15, -0.1) is 0 Å². The molecule has 0 saturated heterocycles. The summed E-state index contributed by atoms with van der Waals surface area (Å²) < 4.78 is 0. The molecule has 3 nitrogen and oxygen atoms in total. The molecule has 0 unspecified atom stereocenters. The van der Waals surface area contributed by atoms with Crippen molar-refractivity contribution >= 4 is 24.8 Å². The minimum atomic E-state index is -0.959. The van der Waals surface area contributed by atoms with Crippen molar-refractivity contribution < 1.29 is 9.90 Å². The van der Waals surface area contributed by atoms with E-state index in [1.807, 2.05) is 30.3 Å². The zero-order valence-electron chi connectivity index (χ0n) is 6.60. The monoisotopic (exact) mass is 173 g/mol. The Morgan fingerprint density at radius 1 is 1.38 bits per heavy atom. The summed E-state index contributed by atoms with van der Waals surface area (Å²) in [6.45, 7) is 0. The van der Waals surface area contributed by atoms with Gasteiger partial charge in [-0.05, 0) is 12.0 Å². The van der Waals surface area contributed by atoms with Gasteiger partial charge in [0.15, 0.2) is 0 Å². The second-order valence-corrected chi connectivity index (χ2v) is 2.63. The number of hydrogen-bond acceptors (Lipinski definition) is 2. The van der Waals surface area contributed by atoms with Gasteiger partial charge in [-0.25, -0.2) is 0 Å². The predicted molar refractivity (Wildman–Crippen MR) is 52.9 cm³/mol. The Balaban J connectivity index is 0.00000144. The summed E-state index contributed by atoms with van der Waals surface area (Å²) in [7, 11) is 0. The fourth-order valence-corrected chi connectivity index (χ4v) is 0.955. The summed E-state index contributed by atoms with van der Waals surface area (Å²) in [5.74, 6) is -0.959. The summed E-state index contributed by atoms with van der Waals surface area (Å²) in [6.07, 6.45) is 0.385. The summed E-state index contributed by atoms with van der Waals surface area (Å²) in [6, 6.07) is 8.54. The van der Waals surface area contributed by atoms with Crippen molar-refractivity contribution in [2.24, 2.45) is 5.73 Å². The van der Waals surface area contributed by atoms with Crippen LogP contribution in [0.5, 0.6) is 0 Å². The van der Waals surface area contributed by atoms with Crippen LogP contribution in [0.1, 0.15) is 5.56 Å². The van der Waals surface area contributed by atoms with Crippen LogP contribution in [0.15, 0.2) is 30.3 Å². The third-order valence-electron chi connectivity index (χ3n) is 1.62. The van der Waals surface area contributed by atoms with Gasteiger partial charge in [-0.1, -0.05) is 30.3 Å². The second kappa shape index (κ2) is 5.82. The Hall–Kier alpha value is -0.753. The molecule has 0 aliphatic heterocycles. The molecule has 0 saturated carbocycles. The van der Waals surface area contributed by atoms with E-state index < -0.39 is 12.0 Å². The summed E-state index contributed by atoms with van der Waals surface area (Å²) >= 11 is 0. The molecule has 0 amide bonds. The van der Waals surface area contributed by atoms with Gasteiger partial charge in [-0.2, -0.15) is 0 Å². The van der Waals surface area contributed by atoms with Crippen LogP contribution in [0.25, 0.3) is 0 Å². The number of carboxylic acid groups (broad SMARTS) is 1. The van der Waals surface area contributed by atoms with Gasteiger partial charge < -0.3 is 10.8 Å². The number of hydrogen-bond donors (Lipinski definition) is 2. The molecule has 0 aliphatic rings. The van der Waals surface area contributed by atoms with E-state index in [9.17, 15) is 4.79 Å². The van der Waals surface area contributed by atoms with Crippen LogP contribution in [0.4, 0.5) is 0 Å². The molecule has 0 radical (unpaired) electrons. The SMILES string of the molecule is N[C@@H](Cc1ccccc1)C(=O)O.[LiH]. The molecule has 1 aromatic rings. The van der Waals surface area contributed by atoms with Crippen molar-refractivity contribution in [3.05, 3.63) is 35.9 Å². The van der Waals surface area contributed by atoms with E-state index in [1.165, 1.54) is 0 Å². The van der Waals surface area contributed by atoms with E-state index in [-0.39, 0.29) is 18.9 Å². The predicted octanol–water partition coefficient (Wildman–Crippen LogP) is -0.00750. The third kappa shape index (κ3) is 4.14. The second-order valence-electron chi connectivity index (χ2n) is 2.63. The third-order valence-corrected chi connectivity index (χ3v) is 1.62. The standard InChI is InChI=1S/C9H11NO2.Li.H/c10-8(9(11)12)6-7-4-2-1-3-5-7;;/h1-5,8H,6,10H2,(H,11,12);;/t8-;;/m0../s1. The normalized spacial score (nSPS) is 11.5. The molecule has 1 atom stereocenters. The van der Waals surface area contributed by atoms with Crippen molar-refractivity contribution in [2.45, 2.75) is 12.5 Å². The van der Waals surface area contributed by atoms with Gasteiger partial charge in [0.1, 0.15) is 6.04 Å². The Labute approximate surface area is 89.1 Å². The molecule has 0 bridgehead atoms. The Morgan fingerprint density at radius 3 is 2.38 bits per heavy atom. The summed E-state index contributed by atoms with van der Waals surface area (Å²) in [4.78, 5) is 10.4. The van der Waals surface area contributed by atoms with E-state index in [4.69, 9.17) is 10.8 Å². The molecule has 1 rings (SSSR count). The van der Waals surface area contributed by atoms with Crippen LogP contribution >= 0.6 is 0 Å². The van der Waals surface area contributed by atoms with E-state index in [0.717, 1.165) is 5.56 Å². The fraction of sp³-hybridized carbons (Fsp3) is 0.222. The molecule has 3 N–H and O–H groups in total. The van der Waals surface area contributed by atoms with Gasteiger partial charge in [0.2, 0.25) is 0 Å². The maximum absolute atomic E-state index is 10.4. The molecule has 0 heterocycles. The van der Waals surface area contributed by atoms with Crippen LogP contribution in [0, 0.1) is 0 Å². The molecular weight excluding hydrogens is 161 g/mol. The van der Waals surface area contributed by atoms with Crippen molar-refractivity contribution in [2.75, 3.05) is 0 Å². The molecule has 0 aromatic heterocycles. The fourth-order valence-electron chi connectivity index (χ4n) is 0.955. The average molecular weight is 173 g/mol. The van der Waals surface area contributed by atoms with Gasteiger partial charge in [0.05, 0.1) is 0 Å². The first kappa shape index (κ1) is 12.2. The average Bonchev–Trinajstić information content (AvgIpc) is 2.06. The van der Waals surface area contributed by atoms with Crippen LogP contribution < -0.4 is 5.73 Å². The molecule has 1 aromatic carbocycles. The van der Waals surface area contributed by atoms with E-state index >= 15 is 0 Å². The Morgan fingerprint density at radius 2 is 1.92 bits per heavy atom. The number of carboxylic acids is 1. The Bertz CT molecular complexity index is 264. The summed E-state index contributed by atoms with van der Waals surface area (Å²) in [5.41, 5.74) is 6.30. The first-order valence-electron chi connectivity index (χ1n) is 3.72. The first-order chi connectivity index (χ1) is 5.70. The number of benzene rings is 1. The van der Waals surface area contributed by atoms with Crippen LogP contribution in [-0.2, 0) is 11.2 Å². The molecule has 66 valence electrons. The zero-order valence-corrected chi connectivity index (χ0v) is 6.60. The van der Waals surface area contributed by atoms with Crippen molar-refractivity contribution in [1.29, 1.82) is 0 Å². The van der Waals surface area contributed by atoms with Crippen LogP contribution in [0.2, 0.25) is 0 Å². The van der Waals surface area contributed by atoms with Crippen molar-refractivity contribution in [1.82, 2.24) is 0 Å². The van der Waals surface area contributed by atoms with Gasteiger partial charge in [-0.3, -0.25) is 4.79 Å². The molecule has 4 heteroatoms. The minimum absolute atomic E-state index is 0. The first-order valence-corrected chi connectivity index (χ1v) is 3.72. The molecule has 0 fully saturated rings. The Kier molecular flexibility index (Phi) is 5.48. The molecular formula is C9H12LiNO2. The van der Waals surface area contributed by atoms with Crippen LogP contribution in [-0.4, -0.2) is 36.0 Å². The number of nitrogens with two attached hydrogens (primary N) is 1. The number of aliphatic carboxylic acids is 1. The van der Waals surface area contributed by atoms with E-state index in [1.54, 1.807) is 0 Å². The molecule has 13 heavy (non-hydrogen) atoms. The van der Waals surface area contributed by atoms with Gasteiger partial charge in [0, 0.05) is 0 Å².